The summed E-state index contributed by atoms with van der Waals surface area (Å²) < 4.78 is 9.06. The summed E-state index contributed by atoms with van der Waals surface area (Å²) in [6.07, 6.45) is 0. The SMILES string of the molecule is c1ccc(-c2ccc(N(c3ccc(-c4cccc5c4sc4ccccc45)c(-c4cccc5ccccc45)c3)c3cccc4oc5ccccc5c34)cc2)cc1. The number of hydrogen-bond donors (Lipinski definition) is 0. The highest BCUT2D eigenvalue weighted by Crippen LogP contribution is 2.48. The number of para-hydroxylation sites is 1. The van der Waals surface area contributed by atoms with Gasteiger partial charge in [0.15, 0.2) is 0 Å². The van der Waals surface area contributed by atoms with Crippen LogP contribution in [-0.4, -0.2) is 0 Å². The van der Waals surface area contributed by atoms with Gasteiger partial charge in [0, 0.05) is 42.5 Å². The Morgan fingerprint density at radius 2 is 1.02 bits per heavy atom. The van der Waals surface area contributed by atoms with Crippen LogP contribution in [0.15, 0.2) is 205 Å². The van der Waals surface area contributed by atoms with E-state index < -0.39 is 0 Å². The maximum atomic E-state index is 6.45. The Balaban J connectivity index is 1.19. The maximum absolute atomic E-state index is 6.45. The van der Waals surface area contributed by atoms with Crippen molar-refractivity contribution in [2.45, 2.75) is 0 Å². The minimum Gasteiger partial charge on any atom is -0.456 e. The molecule has 2 heterocycles. The van der Waals surface area contributed by atoms with Crippen molar-refractivity contribution in [1.29, 1.82) is 0 Å². The van der Waals surface area contributed by atoms with Gasteiger partial charge in [0.2, 0.25) is 0 Å². The summed E-state index contributed by atoms with van der Waals surface area (Å²) >= 11 is 1.88. The zero-order chi connectivity index (χ0) is 36.3. The van der Waals surface area contributed by atoms with E-state index in [0.717, 1.165) is 39.0 Å². The van der Waals surface area contributed by atoms with E-state index in [1.807, 2.05) is 17.4 Å². The summed E-state index contributed by atoms with van der Waals surface area (Å²) in [6, 6.07) is 72.2. The van der Waals surface area contributed by atoms with Gasteiger partial charge in [-0.3, -0.25) is 0 Å². The fraction of sp³-hybridized carbons (Fsp3) is 0. The summed E-state index contributed by atoms with van der Waals surface area (Å²) in [5, 5.41) is 7.24. The molecule has 0 aliphatic rings. The van der Waals surface area contributed by atoms with Crippen LogP contribution in [0.2, 0.25) is 0 Å². The van der Waals surface area contributed by atoms with E-state index in [0.29, 0.717) is 0 Å². The van der Waals surface area contributed by atoms with E-state index in [4.69, 9.17) is 4.42 Å². The van der Waals surface area contributed by atoms with Crippen molar-refractivity contribution in [3.8, 4) is 33.4 Å². The molecule has 11 rings (SSSR count). The van der Waals surface area contributed by atoms with Crippen LogP contribution in [0.4, 0.5) is 17.1 Å². The lowest BCUT2D eigenvalue weighted by molar-refractivity contribution is 0.669. The van der Waals surface area contributed by atoms with Gasteiger partial charge in [-0.1, -0.05) is 152 Å². The Morgan fingerprint density at radius 1 is 0.382 bits per heavy atom. The van der Waals surface area contributed by atoms with Crippen LogP contribution >= 0.6 is 11.3 Å². The smallest absolute Gasteiger partial charge is 0.137 e. The summed E-state index contributed by atoms with van der Waals surface area (Å²) in [7, 11) is 0. The monoisotopic (exact) mass is 719 g/mol. The van der Waals surface area contributed by atoms with Gasteiger partial charge >= 0.3 is 0 Å². The van der Waals surface area contributed by atoms with E-state index in [1.165, 1.54) is 64.3 Å². The number of hydrogen-bond acceptors (Lipinski definition) is 3. The first-order valence-corrected chi connectivity index (χ1v) is 19.5. The summed E-state index contributed by atoms with van der Waals surface area (Å²) in [4.78, 5) is 2.40. The molecule has 0 aliphatic heterocycles. The second-order valence-corrected chi connectivity index (χ2v) is 15.1. The highest BCUT2D eigenvalue weighted by atomic mass is 32.1. The number of fused-ring (bicyclic) bond motifs is 7. The minimum absolute atomic E-state index is 0.868. The molecule has 0 bridgehead atoms. The van der Waals surface area contributed by atoms with E-state index in [9.17, 15) is 0 Å². The van der Waals surface area contributed by atoms with Crippen LogP contribution in [0.25, 0.3) is 86.3 Å². The molecule has 2 aromatic heterocycles. The van der Waals surface area contributed by atoms with Crippen LogP contribution in [0, 0.1) is 0 Å². The van der Waals surface area contributed by atoms with E-state index in [-0.39, 0.29) is 0 Å². The minimum atomic E-state index is 0.868. The van der Waals surface area contributed by atoms with Gasteiger partial charge in [0.1, 0.15) is 11.2 Å². The molecule has 55 heavy (non-hydrogen) atoms. The van der Waals surface area contributed by atoms with E-state index in [1.54, 1.807) is 0 Å². The molecule has 0 N–H and O–H groups in total. The molecule has 3 heteroatoms. The Morgan fingerprint density at radius 3 is 1.91 bits per heavy atom. The molecule has 0 saturated heterocycles. The molecule has 9 aromatic carbocycles. The second-order valence-electron chi connectivity index (χ2n) is 14.0. The fourth-order valence-electron chi connectivity index (χ4n) is 8.35. The first-order chi connectivity index (χ1) is 27.3. The first kappa shape index (κ1) is 31.6. The van der Waals surface area contributed by atoms with Crippen LogP contribution in [0.5, 0.6) is 0 Å². The molecular weight excluding hydrogens is 687 g/mol. The average molecular weight is 720 g/mol. The van der Waals surface area contributed by atoms with Gasteiger partial charge in [0.05, 0.1) is 11.1 Å². The highest BCUT2D eigenvalue weighted by Gasteiger charge is 2.22. The van der Waals surface area contributed by atoms with Crippen molar-refractivity contribution in [3.63, 3.8) is 0 Å². The van der Waals surface area contributed by atoms with Crippen molar-refractivity contribution in [1.82, 2.24) is 0 Å². The van der Waals surface area contributed by atoms with Crippen molar-refractivity contribution in [3.05, 3.63) is 200 Å². The van der Waals surface area contributed by atoms with Crippen LogP contribution in [0.3, 0.4) is 0 Å². The van der Waals surface area contributed by atoms with E-state index >= 15 is 0 Å². The van der Waals surface area contributed by atoms with Crippen molar-refractivity contribution in [2.24, 2.45) is 0 Å². The van der Waals surface area contributed by atoms with Gasteiger partial charge in [-0.2, -0.15) is 0 Å². The number of rotatable bonds is 6. The molecule has 0 unspecified atom stereocenters. The third-order valence-corrected chi connectivity index (χ3v) is 12.1. The number of benzene rings is 9. The van der Waals surface area contributed by atoms with Crippen molar-refractivity contribution >= 4 is 81.3 Å². The van der Waals surface area contributed by atoms with Gasteiger partial charge in [-0.15, -0.1) is 11.3 Å². The normalized spacial score (nSPS) is 11.6. The predicted octanol–water partition coefficient (Wildman–Crippen LogP) is 15.6. The number of thiophene rings is 1. The fourth-order valence-corrected chi connectivity index (χ4v) is 9.58. The summed E-state index contributed by atoms with van der Waals surface area (Å²) in [5.41, 5.74) is 12.2. The lowest BCUT2D eigenvalue weighted by atomic mass is 9.90. The van der Waals surface area contributed by atoms with Gasteiger partial charge < -0.3 is 9.32 Å². The van der Waals surface area contributed by atoms with Crippen molar-refractivity contribution in [2.75, 3.05) is 4.90 Å². The predicted molar refractivity (Wildman–Crippen MR) is 235 cm³/mol. The Kier molecular flexibility index (Phi) is 7.39. The average Bonchev–Trinajstić information content (AvgIpc) is 3.83. The molecule has 0 atom stereocenters. The number of anilines is 3. The highest BCUT2D eigenvalue weighted by molar-refractivity contribution is 7.26. The largest absolute Gasteiger partial charge is 0.456 e. The third-order valence-electron chi connectivity index (χ3n) is 10.9. The first-order valence-electron chi connectivity index (χ1n) is 18.7. The van der Waals surface area contributed by atoms with Gasteiger partial charge in [-0.05, 0) is 87.1 Å². The standard InChI is InChI=1S/C52H33NOS/c1-2-13-34(14-3-1)35-27-29-37(30-28-35)53(47-23-12-25-49-51(47)45-19-6-8-24-48(45)54-49)38-31-32-41(46(33-38)40-20-10-16-36-15-4-5-17-39(36)40)43-21-11-22-44-42-18-7-9-26-50(42)55-52(43)44/h1-33H. The van der Waals surface area contributed by atoms with Crippen molar-refractivity contribution < 1.29 is 4.42 Å². The molecule has 0 saturated carbocycles. The second kappa shape index (κ2) is 12.9. The molecule has 0 spiro atoms. The topological polar surface area (TPSA) is 16.4 Å². The summed E-state index contributed by atoms with van der Waals surface area (Å²) in [5.74, 6) is 0. The molecule has 0 radical (unpaired) electrons. The number of furan rings is 1. The molecule has 0 aliphatic carbocycles. The molecule has 0 fully saturated rings. The van der Waals surface area contributed by atoms with Crippen LogP contribution in [0.1, 0.15) is 0 Å². The molecule has 258 valence electrons. The lowest BCUT2D eigenvalue weighted by Crippen LogP contribution is -2.10. The molecule has 2 nitrogen and oxygen atoms in total. The Hall–Kier alpha value is -6.94. The van der Waals surface area contributed by atoms with Gasteiger partial charge in [-0.25, -0.2) is 0 Å². The molecule has 0 amide bonds. The summed E-state index contributed by atoms with van der Waals surface area (Å²) in [6.45, 7) is 0. The van der Waals surface area contributed by atoms with E-state index in [2.05, 4.69) is 199 Å². The number of nitrogens with zero attached hydrogens (tertiary/aromatic N) is 1. The zero-order valence-electron chi connectivity index (χ0n) is 29.8. The zero-order valence-corrected chi connectivity index (χ0v) is 30.6. The Bertz CT molecular complexity index is 3200. The molecular formula is C52H33NOS. The third kappa shape index (κ3) is 5.24. The van der Waals surface area contributed by atoms with Crippen LogP contribution < -0.4 is 4.90 Å². The Labute approximate surface area is 322 Å². The molecule has 11 aromatic rings. The van der Waals surface area contributed by atoms with Gasteiger partial charge in [0.25, 0.3) is 0 Å². The van der Waals surface area contributed by atoms with Crippen LogP contribution in [-0.2, 0) is 0 Å². The maximum Gasteiger partial charge on any atom is 0.137 e. The quantitative estimate of drug-likeness (QED) is 0.170. The lowest BCUT2D eigenvalue weighted by Gasteiger charge is -2.28.